The zero-order valence-corrected chi connectivity index (χ0v) is 12.4. The van der Waals surface area contributed by atoms with Gasteiger partial charge in [0.25, 0.3) is 5.91 Å². The molecule has 2 atom stereocenters. The first-order valence-electron chi connectivity index (χ1n) is 7.04. The highest BCUT2D eigenvalue weighted by Crippen LogP contribution is 2.23. The number of nitrogens with one attached hydrogen (secondary N) is 3. The zero-order chi connectivity index (χ0) is 17.1. The van der Waals surface area contributed by atoms with Gasteiger partial charge in [0.15, 0.2) is 6.17 Å². The van der Waals surface area contributed by atoms with Crippen LogP contribution in [0.3, 0.4) is 0 Å². The van der Waals surface area contributed by atoms with Gasteiger partial charge in [-0.05, 0) is 24.3 Å². The van der Waals surface area contributed by atoms with E-state index in [2.05, 4.69) is 26.0 Å². The van der Waals surface area contributed by atoms with E-state index < -0.39 is 30.5 Å². The average molecular weight is 334 g/mol. The molecule has 1 aliphatic rings. The van der Waals surface area contributed by atoms with Gasteiger partial charge in [0.1, 0.15) is 17.7 Å². The minimum absolute atomic E-state index is 0.0959. The molecular formula is C14H15FN6O3. The number of hydrogen-bond donors (Lipinski definition) is 5. The molecule has 0 spiro atoms. The van der Waals surface area contributed by atoms with Crippen molar-refractivity contribution in [3.8, 4) is 0 Å². The Kier molecular flexibility index (Phi) is 4.40. The van der Waals surface area contributed by atoms with Crippen molar-refractivity contribution in [1.29, 1.82) is 0 Å². The Morgan fingerprint density at radius 2 is 2.21 bits per heavy atom. The molecule has 10 heteroatoms. The number of amides is 1. The van der Waals surface area contributed by atoms with Gasteiger partial charge >= 0.3 is 0 Å². The van der Waals surface area contributed by atoms with Gasteiger partial charge in [-0.15, -0.1) is 5.48 Å². The van der Waals surface area contributed by atoms with Crippen LogP contribution in [0.25, 0.3) is 0 Å². The number of benzene rings is 1. The number of H-pyrrole nitrogens is 1. The molecule has 3 rings (SSSR count). The van der Waals surface area contributed by atoms with Crippen LogP contribution in [0.5, 0.6) is 0 Å². The molecule has 126 valence electrons. The molecule has 1 amide bonds. The summed E-state index contributed by atoms with van der Waals surface area (Å²) in [6.45, 7) is -0.430. The lowest BCUT2D eigenvalue weighted by molar-refractivity contribution is 0.0919. The maximum atomic E-state index is 12.9. The van der Waals surface area contributed by atoms with Crippen molar-refractivity contribution in [1.82, 2.24) is 21.0 Å². The van der Waals surface area contributed by atoms with Crippen molar-refractivity contribution in [3.63, 3.8) is 0 Å². The van der Waals surface area contributed by atoms with E-state index in [1.54, 1.807) is 0 Å². The van der Waals surface area contributed by atoms with Crippen molar-refractivity contribution in [2.75, 3.05) is 12.3 Å². The normalized spacial score (nSPS) is 17.9. The van der Waals surface area contributed by atoms with E-state index >= 15 is 0 Å². The first-order valence-corrected chi connectivity index (χ1v) is 7.04. The van der Waals surface area contributed by atoms with Crippen LogP contribution in [0.15, 0.2) is 35.5 Å². The van der Waals surface area contributed by atoms with Crippen LogP contribution in [0.2, 0.25) is 0 Å². The van der Waals surface area contributed by atoms with Gasteiger partial charge in [0.2, 0.25) is 5.90 Å². The molecule has 1 aromatic carbocycles. The maximum Gasteiger partial charge on any atom is 0.251 e. The number of nitrogen functional groups attached to an aromatic ring is 1. The first kappa shape index (κ1) is 15.9. The van der Waals surface area contributed by atoms with Gasteiger partial charge in [0.05, 0.1) is 18.4 Å². The number of carbonyl (C=O) groups is 1. The van der Waals surface area contributed by atoms with Crippen molar-refractivity contribution < 1.29 is 19.1 Å². The summed E-state index contributed by atoms with van der Waals surface area (Å²) in [6, 6.07) is 4.15. The Morgan fingerprint density at radius 1 is 1.46 bits per heavy atom. The van der Waals surface area contributed by atoms with Crippen LogP contribution in [-0.4, -0.2) is 39.8 Å². The van der Waals surface area contributed by atoms with Gasteiger partial charge in [-0.1, -0.05) is 0 Å². The van der Waals surface area contributed by atoms with Crippen LogP contribution in [0, 0.1) is 5.82 Å². The second-order valence-corrected chi connectivity index (χ2v) is 5.04. The molecule has 6 N–H and O–H groups in total. The third-order valence-electron chi connectivity index (χ3n) is 3.42. The Morgan fingerprint density at radius 3 is 2.83 bits per heavy atom. The molecule has 1 unspecified atom stereocenters. The summed E-state index contributed by atoms with van der Waals surface area (Å²) in [7, 11) is 0. The van der Waals surface area contributed by atoms with Gasteiger partial charge < -0.3 is 21.0 Å². The number of aliphatic hydroxyl groups is 1. The molecule has 1 aromatic heterocycles. The largest absolute Gasteiger partial charge is 0.394 e. The Labute approximate surface area is 135 Å². The van der Waals surface area contributed by atoms with E-state index in [1.165, 1.54) is 30.5 Å². The standard InChI is InChI=1S/C14H15FN6O3/c15-8-3-1-7(2-4-8)13(23)18-10(6-22)14-19-12(21-24-14)9-5-17-20-11(9)16/h1-5,10,12,21-22H,6H2,(H,18,23)(H3,16,17,20)/t10-,12?/m0/s1. The van der Waals surface area contributed by atoms with E-state index in [4.69, 9.17) is 10.6 Å². The van der Waals surface area contributed by atoms with E-state index in [0.717, 1.165) is 0 Å². The fourth-order valence-electron chi connectivity index (χ4n) is 2.14. The van der Waals surface area contributed by atoms with Crippen LogP contribution >= 0.6 is 0 Å². The lowest BCUT2D eigenvalue weighted by Crippen LogP contribution is -2.44. The summed E-state index contributed by atoms with van der Waals surface area (Å²) in [5.74, 6) is -0.513. The maximum absolute atomic E-state index is 12.9. The van der Waals surface area contributed by atoms with Crippen LogP contribution in [0.4, 0.5) is 10.2 Å². The molecule has 0 aliphatic carbocycles. The number of aliphatic hydroxyl groups excluding tert-OH is 1. The Hall–Kier alpha value is -2.98. The number of anilines is 1. The molecule has 2 aromatic rings. The van der Waals surface area contributed by atoms with E-state index in [1.807, 2.05) is 0 Å². The lowest BCUT2D eigenvalue weighted by Gasteiger charge is -2.14. The predicted molar refractivity (Wildman–Crippen MR) is 82.1 cm³/mol. The van der Waals surface area contributed by atoms with E-state index in [-0.39, 0.29) is 11.5 Å². The predicted octanol–water partition coefficient (Wildman–Crippen LogP) is -0.146. The summed E-state index contributed by atoms with van der Waals surface area (Å²) in [6.07, 6.45) is 0.893. The molecule has 0 fully saturated rings. The summed E-state index contributed by atoms with van der Waals surface area (Å²) < 4.78 is 12.9. The summed E-state index contributed by atoms with van der Waals surface area (Å²) in [4.78, 5) is 21.6. The number of carbonyl (C=O) groups excluding carboxylic acids is 1. The lowest BCUT2D eigenvalue weighted by atomic mass is 10.2. The summed E-state index contributed by atoms with van der Waals surface area (Å²) >= 11 is 0. The highest BCUT2D eigenvalue weighted by Gasteiger charge is 2.29. The number of aromatic nitrogens is 2. The molecule has 24 heavy (non-hydrogen) atoms. The third-order valence-corrected chi connectivity index (χ3v) is 3.42. The number of hydrogen-bond acceptors (Lipinski definition) is 7. The summed E-state index contributed by atoms with van der Waals surface area (Å²) in [5, 5.41) is 18.4. The third kappa shape index (κ3) is 3.19. The topological polar surface area (TPSA) is 138 Å². The Balaban J connectivity index is 1.71. The minimum Gasteiger partial charge on any atom is -0.394 e. The van der Waals surface area contributed by atoms with Gasteiger partial charge in [0, 0.05) is 5.56 Å². The molecule has 9 nitrogen and oxygen atoms in total. The Bertz CT molecular complexity index is 760. The van der Waals surface area contributed by atoms with Crippen molar-refractivity contribution in [2.24, 2.45) is 4.99 Å². The molecule has 0 saturated heterocycles. The second-order valence-electron chi connectivity index (χ2n) is 5.04. The van der Waals surface area contributed by atoms with Crippen LogP contribution in [0.1, 0.15) is 22.1 Å². The smallest absolute Gasteiger partial charge is 0.251 e. The zero-order valence-electron chi connectivity index (χ0n) is 12.4. The van der Waals surface area contributed by atoms with E-state index in [0.29, 0.717) is 11.4 Å². The van der Waals surface area contributed by atoms with Crippen molar-refractivity contribution >= 4 is 17.6 Å². The highest BCUT2D eigenvalue weighted by molar-refractivity contribution is 5.97. The number of nitrogens with zero attached hydrogens (tertiary/aromatic N) is 2. The van der Waals surface area contributed by atoms with Crippen LogP contribution < -0.4 is 16.5 Å². The molecule has 0 radical (unpaired) electrons. The molecular weight excluding hydrogens is 319 g/mol. The minimum atomic E-state index is -0.867. The van der Waals surface area contributed by atoms with Gasteiger partial charge in [-0.2, -0.15) is 5.10 Å². The number of aliphatic imine (C=N–C) groups is 1. The second kappa shape index (κ2) is 6.64. The van der Waals surface area contributed by atoms with Crippen LogP contribution in [-0.2, 0) is 4.84 Å². The fourth-order valence-corrected chi connectivity index (χ4v) is 2.14. The quantitative estimate of drug-likeness (QED) is 0.516. The monoisotopic (exact) mass is 334 g/mol. The van der Waals surface area contributed by atoms with E-state index in [9.17, 15) is 14.3 Å². The highest BCUT2D eigenvalue weighted by atomic mass is 19.1. The molecule has 0 bridgehead atoms. The number of nitrogens with two attached hydrogens (primary N) is 1. The van der Waals surface area contributed by atoms with Crippen molar-refractivity contribution in [3.05, 3.63) is 47.4 Å². The molecule has 1 aliphatic heterocycles. The fraction of sp³-hybridized carbons (Fsp3) is 0.214. The number of rotatable bonds is 5. The molecule has 0 saturated carbocycles. The number of hydroxylamine groups is 1. The SMILES string of the molecule is Nc1[nH]ncc1C1N=C([C@H](CO)NC(=O)c2ccc(F)cc2)ON1. The number of halogens is 1. The van der Waals surface area contributed by atoms with Gasteiger partial charge in [-0.3, -0.25) is 9.89 Å². The summed E-state index contributed by atoms with van der Waals surface area (Å²) in [5.41, 5.74) is 9.16. The number of aromatic amines is 1. The van der Waals surface area contributed by atoms with Crippen molar-refractivity contribution in [2.45, 2.75) is 12.2 Å². The average Bonchev–Trinajstić information content (AvgIpc) is 3.21. The molecule has 2 heterocycles. The van der Waals surface area contributed by atoms with Gasteiger partial charge in [-0.25, -0.2) is 9.38 Å². The first-order chi connectivity index (χ1) is 11.6.